The number of amides is 1. The molecule has 0 saturated heterocycles. The SMILES string of the molecule is C=CCN(CC=C)C(C)CC(N)=O. The van der Waals surface area contributed by atoms with Gasteiger partial charge in [-0.3, -0.25) is 9.69 Å². The van der Waals surface area contributed by atoms with Gasteiger partial charge in [-0.1, -0.05) is 12.2 Å². The van der Waals surface area contributed by atoms with E-state index >= 15 is 0 Å². The standard InChI is InChI=1S/C10H18N2O/c1-4-6-12(7-5-2)9(3)8-10(11)13/h4-5,9H,1-2,6-8H2,3H3,(H2,11,13). The topological polar surface area (TPSA) is 46.3 Å². The fourth-order valence-electron chi connectivity index (χ4n) is 1.19. The highest BCUT2D eigenvalue weighted by Gasteiger charge is 2.12. The number of carbonyl (C=O) groups is 1. The Balaban J connectivity index is 4.08. The maximum absolute atomic E-state index is 10.7. The van der Waals surface area contributed by atoms with Crippen LogP contribution in [-0.2, 0) is 4.79 Å². The molecule has 1 unspecified atom stereocenters. The molecule has 0 rings (SSSR count). The first-order chi connectivity index (χ1) is 6.11. The van der Waals surface area contributed by atoms with Crippen molar-refractivity contribution in [1.82, 2.24) is 4.90 Å². The lowest BCUT2D eigenvalue weighted by Gasteiger charge is -2.25. The Morgan fingerprint density at radius 1 is 1.46 bits per heavy atom. The number of primary amides is 1. The van der Waals surface area contributed by atoms with E-state index in [1.54, 1.807) is 12.2 Å². The molecule has 0 spiro atoms. The van der Waals surface area contributed by atoms with Crippen molar-refractivity contribution in [2.75, 3.05) is 13.1 Å². The van der Waals surface area contributed by atoms with Gasteiger partial charge in [0.1, 0.15) is 0 Å². The highest BCUT2D eigenvalue weighted by molar-refractivity contribution is 5.74. The monoisotopic (exact) mass is 182 g/mol. The molecule has 0 aromatic carbocycles. The van der Waals surface area contributed by atoms with Gasteiger partial charge in [-0.2, -0.15) is 0 Å². The molecular formula is C10H18N2O. The lowest BCUT2D eigenvalue weighted by atomic mass is 10.2. The van der Waals surface area contributed by atoms with Crippen molar-refractivity contribution in [3.05, 3.63) is 25.3 Å². The minimum Gasteiger partial charge on any atom is -0.370 e. The van der Waals surface area contributed by atoms with Gasteiger partial charge in [0.2, 0.25) is 5.91 Å². The molecule has 74 valence electrons. The number of nitrogens with zero attached hydrogens (tertiary/aromatic N) is 1. The molecular weight excluding hydrogens is 164 g/mol. The summed E-state index contributed by atoms with van der Waals surface area (Å²) < 4.78 is 0. The van der Waals surface area contributed by atoms with Crippen LogP contribution < -0.4 is 5.73 Å². The van der Waals surface area contributed by atoms with Crippen LogP contribution in [-0.4, -0.2) is 29.9 Å². The number of carbonyl (C=O) groups excluding carboxylic acids is 1. The fourth-order valence-corrected chi connectivity index (χ4v) is 1.19. The molecule has 13 heavy (non-hydrogen) atoms. The highest BCUT2D eigenvalue weighted by atomic mass is 16.1. The molecule has 0 aromatic heterocycles. The average molecular weight is 182 g/mol. The van der Waals surface area contributed by atoms with Gasteiger partial charge in [0.25, 0.3) is 0 Å². The van der Waals surface area contributed by atoms with Crippen molar-refractivity contribution >= 4 is 5.91 Å². The number of nitrogens with two attached hydrogens (primary N) is 1. The summed E-state index contributed by atoms with van der Waals surface area (Å²) in [6.07, 6.45) is 3.99. The molecule has 0 bridgehead atoms. The summed E-state index contributed by atoms with van der Waals surface area (Å²) in [7, 11) is 0. The summed E-state index contributed by atoms with van der Waals surface area (Å²) in [5.74, 6) is -0.273. The molecule has 1 amide bonds. The summed E-state index contributed by atoms with van der Waals surface area (Å²) in [4.78, 5) is 12.8. The zero-order valence-corrected chi connectivity index (χ0v) is 8.20. The maximum Gasteiger partial charge on any atom is 0.218 e. The Bertz CT molecular complexity index is 179. The van der Waals surface area contributed by atoms with Crippen LogP contribution in [0.4, 0.5) is 0 Å². The molecule has 0 heterocycles. The Hall–Kier alpha value is -1.09. The summed E-state index contributed by atoms with van der Waals surface area (Å²) in [6.45, 7) is 10.8. The van der Waals surface area contributed by atoms with E-state index in [1.807, 2.05) is 6.92 Å². The first-order valence-electron chi connectivity index (χ1n) is 4.36. The van der Waals surface area contributed by atoms with E-state index in [1.165, 1.54) is 0 Å². The summed E-state index contributed by atoms with van der Waals surface area (Å²) in [5, 5.41) is 0. The van der Waals surface area contributed by atoms with E-state index < -0.39 is 0 Å². The molecule has 3 nitrogen and oxygen atoms in total. The Labute approximate surface area is 79.9 Å². The summed E-state index contributed by atoms with van der Waals surface area (Å²) in [6, 6.07) is 0.147. The van der Waals surface area contributed by atoms with Gasteiger partial charge in [-0.05, 0) is 6.92 Å². The second-order valence-electron chi connectivity index (χ2n) is 3.05. The van der Waals surface area contributed by atoms with Crippen LogP contribution in [0.25, 0.3) is 0 Å². The van der Waals surface area contributed by atoms with Gasteiger partial charge in [0.05, 0.1) is 0 Å². The quantitative estimate of drug-likeness (QED) is 0.595. The second kappa shape index (κ2) is 6.43. The predicted molar refractivity (Wildman–Crippen MR) is 55.2 cm³/mol. The van der Waals surface area contributed by atoms with E-state index in [2.05, 4.69) is 18.1 Å². The lowest BCUT2D eigenvalue weighted by Crippen LogP contribution is -2.36. The zero-order valence-electron chi connectivity index (χ0n) is 8.20. The molecule has 3 heteroatoms. The van der Waals surface area contributed by atoms with Crippen molar-refractivity contribution in [1.29, 1.82) is 0 Å². The molecule has 0 aliphatic rings. The van der Waals surface area contributed by atoms with Gasteiger partial charge in [0, 0.05) is 25.6 Å². The minimum absolute atomic E-state index is 0.147. The van der Waals surface area contributed by atoms with Crippen molar-refractivity contribution in [2.24, 2.45) is 5.73 Å². The molecule has 2 N–H and O–H groups in total. The molecule has 1 atom stereocenters. The first-order valence-corrected chi connectivity index (χ1v) is 4.36. The third-order valence-electron chi connectivity index (χ3n) is 1.85. The van der Waals surface area contributed by atoms with E-state index in [4.69, 9.17) is 5.73 Å². The van der Waals surface area contributed by atoms with E-state index in [0.717, 1.165) is 13.1 Å². The van der Waals surface area contributed by atoms with Crippen LogP contribution in [0.15, 0.2) is 25.3 Å². The summed E-state index contributed by atoms with van der Waals surface area (Å²) in [5.41, 5.74) is 5.11. The second-order valence-corrected chi connectivity index (χ2v) is 3.05. The van der Waals surface area contributed by atoms with E-state index in [-0.39, 0.29) is 11.9 Å². The third kappa shape index (κ3) is 5.20. The summed E-state index contributed by atoms with van der Waals surface area (Å²) >= 11 is 0. The maximum atomic E-state index is 10.7. The molecule has 0 aliphatic heterocycles. The number of rotatable bonds is 7. The van der Waals surface area contributed by atoms with Crippen LogP contribution in [0.2, 0.25) is 0 Å². The number of hydrogen-bond donors (Lipinski definition) is 1. The van der Waals surface area contributed by atoms with Gasteiger partial charge in [-0.25, -0.2) is 0 Å². The van der Waals surface area contributed by atoms with Gasteiger partial charge < -0.3 is 5.73 Å². The molecule has 0 saturated carbocycles. The van der Waals surface area contributed by atoms with Gasteiger partial charge >= 0.3 is 0 Å². The molecule has 0 fully saturated rings. The predicted octanol–water partition coefficient (Wildman–Crippen LogP) is 0.924. The smallest absolute Gasteiger partial charge is 0.218 e. The Kier molecular flexibility index (Phi) is 5.89. The normalized spacial score (nSPS) is 12.5. The first kappa shape index (κ1) is 11.9. The lowest BCUT2D eigenvalue weighted by molar-refractivity contribution is -0.119. The van der Waals surface area contributed by atoms with Crippen molar-refractivity contribution in [3.8, 4) is 0 Å². The third-order valence-corrected chi connectivity index (χ3v) is 1.85. The van der Waals surface area contributed by atoms with E-state index in [9.17, 15) is 4.79 Å². The van der Waals surface area contributed by atoms with Crippen molar-refractivity contribution in [2.45, 2.75) is 19.4 Å². The van der Waals surface area contributed by atoms with Gasteiger partial charge in [0.15, 0.2) is 0 Å². The fraction of sp³-hybridized carbons (Fsp3) is 0.500. The molecule has 0 radical (unpaired) electrons. The molecule has 0 aliphatic carbocycles. The highest BCUT2D eigenvalue weighted by Crippen LogP contribution is 2.03. The average Bonchev–Trinajstić information content (AvgIpc) is 2.02. The van der Waals surface area contributed by atoms with Crippen molar-refractivity contribution in [3.63, 3.8) is 0 Å². The Morgan fingerprint density at radius 2 is 1.92 bits per heavy atom. The van der Waals surface area contributed by atoms with Gasteiger partial charge in [-0.15, -0.1) is 13.2 Å². The van der Waals surface area contributed by atoms with Crippen LogP contribution >= 0.6 is 0 Å². The largest absolute Gasteiger partial charge is 0.370 e. The van der Waals surface area contributed by atoms with Crippen LogP contribution in [0.3, 0.4) is 0 Å². The van der Waals surface area contributed by atoms with Crippen LogP contribution in [0, 0.1) is 0 Å². The molecule has 0 aromatic rings. The zero-order chi connectivity index (χ0) is 10.3. The van der Waals surface area contributed by atoms with Crippen LogP contribution in [0.5, 0.6) is 0 Å². The number of hydrogen-bond acceptors (Lipinski definition) is 2. The van der Waals surface area contributed by atoms with Crippen LogP contribution in [0.1, 0.15) is 13.3 Å². The van der Waals surface area contributed by atoms with Crippen molar-refractivity contribution < 1.29 is 4.79 Å². The minimum atomic E-state index is -0.273. The van der Waals surface area contributed by atoms with E-state index in [0.29, 0.717) is 6.42 Å². The Morgan fingerprint density at radius 3 is 2.23 bits per heavy atom.